The minimum absolute atomic E-state index is 0.108. The molecule has 0 spiro atoms. The van der Waals surface area contributed by atoms with Crippen LogP contribution in [0.15, 0.2) is 48.5 Å². The van der Waals surface area contributed by atoms with Crippen LogP contribution in [0, 0.1) is 18.3 Å². The van der Waals surface area contributed by atoms with Gasteiger partial charge in [0, 0.05) is 49.1 Å². The number of aryl methyl sites for hydroxylation is 1. The molecule has 1 aromatic heterocycles. The Kier molecular flexibility index (Phi) is 5.87. The van der Waals surface area contributed by atoms with Gasteiger partial charge in [0.25, 0.3) is 5.91 Å². The van der Waals surface area contributed by atoms with Crippen molar-refractivity contribution in [3.63, 3.8) is 0 Å². The highest BCUT2D eigenvalue weighted by Gasteiger charge is 2.21. The van der Waals surface area contributed by atoms with Crippen LogP contribution in [-0.2, 0) is 6.54 Å². The maximum atomic E-state index is 12.7. The zero-order valence-corrected chi connectivity index (χ0v) is 17.0. The number of fused-ring (bicyclic) bond motifs is 1. The predicted octanol–water partition coefficient (Wildman–Crippen LogP) is 2.51. The van der Waals surface area contributed by atoms with Gasteiger partial charge in [0.1, 0.15) is 0 Å². The molecule has 1 aliphatic rings. The highest BCUT2D eigenvalue weighted by atomic mass is 16.1. The number of nitriles is 1. The summed E-state index contributed by atoms with van der Waals surface area (Å²) in [7, 11) is 0. The molecule has 1 aliphatic heterocycles. The van der Waals surface area contributed by atoms with E-state index in [-0.39, 0.29) is 5.91 Å². The van der Waals surface area contributed by atoms with Gasteiger partial charge in [-0.25, -0.2) is 0 Å². The second-order valence-electron chi connectivity index (χ2n) is 7.46. The minimum atomic E-state index is -0.108. The van der Waals surface area contributed by atoms with Gasteiger partial charge in [-0.3, -0.25) is 9.69 Å². The quantitative estimate of drug-likeness (QED) is 0.663. The fourth-order valence-electron chi connectivity index (χ4n) is 3.74. The van der Waals surface area contributed by atoms with Gasteiger partial charge in [0.2, 0.25) is 0 Å². The number of nitrogens with zero attached hydrogens (tertiary/aromatic N) is 5. The third kappa shape index (κ3) is 4.24. The number of aromatic nitrogens is 2. The Morgan fingerprint density at radius 3 is 2.57 bits per heavy atom. The molecule has 1 saturated heterocycles. The summed E-state index contributed by atoms with van der Waals surface area (Å²) in [4.78, 5) is 17.0. The first kappa shape index (κ1) is 19.8. The molecular formula is C23H24N6O. The number of piperazine rings is 1. The van der Waals surface area contributed by atoms with Crippen LogP contribution in [0.5, 0.6) is 0 Å². The number of carbonyl (C=O) groups excluding carboxylic acids is 1. The average molecular weight is 400 g/mol. The van der Waals surface area contributed by atoms with Gasteiger partial charge in [-0.2, -0.15) is 10.4 Å². The lowest BCUT2D eigenvalue weighted by Crippen LogP contribution is -2.46. The van der Waals surface area contributed by atoms with Crippen LogP contribution in [0.1, 0.15) is 21.6 Å². The average Bonchev–Trinajstić information content (AvgIpc) is 2.79. The number of hydrogen-bond donors (Lipinski definition) is 1. The number of hydrogen-bond acceptors (Lipinski definition) is 6. The molecule has 1 fully saturated rings. The van der Waals surface area contributed by atoms with E-state index in [0.717, 1.165) is 54.0 Å². The van der Waals surface area contributed by atoms with Crippen molar-refractivity contribution in [3.05, 3.63) is 65.4 Å². The minimum Gasteiger partial charge on any atom is -0.352 e. The molecule has 1 amide bonds. The SMILES string of the molecule is Cc1nnc(N2CCN(CC#N)CC2)c2ccc(C(=O)NCc3ccccc3)cc12. The monoisotopic (exact) mass is 400 g/mol. The molecule has 2 aromatic carbocycles. The fourth-order valence-corrected chi connectivity index (χ4v) is 3.74. The Bertz CT molecular complexity index is 1080. The van der Waals surface area contributed by atoms with Crippen molar-refractivity contribution in [2.45, 2.75) is 13.5 Å². The van der Waals surface area contributed by atoms with Crippen molar-refractivity contribution in [1.29, 1.82) is 5.26 Å². The van der Waals surface area contributed by atoms with E-state index in [2.05, 4.69) is 31.4 Å². The van der Waals surface area contributed by atoms with Crippen molar-refractivity contribution >= 4 is 22.5 Å². The van der Waals surface area contributed by atoms with Crippen LogP contribution >= 0.6 is 0 Å². The molecule has 4 rings (SSSR count). The number of amides is 1. The summed E-state index contributed by atoms with van der Waals surface area (Å²) in [5.41, 5.74) is 2.47. The summed E-state index contributed by atoms with van der Waals surface area (Å²) in [6.07, 6.45) is 0. The lowest BCUT2D eigenvalue weighted by molar-refractivity contribution is 0.0951. The first-order valence-corrected chi connectivity index (χ1v) is 10.1. The molecule has 152 valence electrons. The molecule has 2 heterocycles. The molecular weight excluding hydrogens is 376 g/mol. The lowest BCUT2D eigenvalue weighted by Gasteiger charge is -2.34. The van der Waals surface area contributed by atoms with Crippen molar-refractivity contribution in [2.75, 3.05) is 37.6 Å². The maximum absolute atomic E-state index is 12.7. The summed E-state index contributed by atoms with van der Waals surface area (Å²) >= 11 is 0. The van der Waals surface area contributed by atoms with Gasteiger partial charge in [0.15, 0.2) is 5.82 Å². The first-order chi connectivity index (χ1) is 14.7. The highest BCUT2D eigenvalue weighted by molar-refractivity contribution is 6.01. The number of rotatable bonds is 5. The van der Waals surface area contributed by atoms with Crippen molar-refractivity contribution in [2.24, 2.45) is 0 Å². The Hall–Kier alpha value is -3.50. The van der Waals surface area contributed by atoms with Gasteiger partial charge in [0.05, 0.1) is 18.3 Å². The van der Waals surface area contributed by atoms with E-state index in [9.17, 15) is 4.79 Å². The van der Waals surface area contributed by atoms with Crippen molar-refractivity contribution in [3.8, 4) is 6.07 Å². The summed E-state index contributed by atoms with van der Waals surface area (Å²) < 4.78 is 0. The van der Waals surface area contributed by atoms with Crippen LogP contribution in [0.25, 0.3) is 10.8 Å². The molecule has 7 heteroatoms. The first-order valence-electron chi connectivity index (χ1n) is 10.1. The molecule has 7 nitrogen and oxygen atoms in total. The van der Waals surface area contributed by atoms with Crippen molar-refractivity contribution in [1.82, 2.24) is 20.4 Å². The topological polar surface area (TPSA) is 85.2 Å². The van der Waals surface area contributed by atoms with E-state index < -0.39 is 0 Å². The smallest absolute Gasteiger partial charge is 0.251 e. The maximum Gasteiger partial charge on any atom is 0.251 e. The Morgan fingerprint density at radius 1 is 1.07 bits per heavy atom. The van der Waals surface area contributed by atoms with Crippen LogP contribution in [0.4, 0.5) is 5.82 Å². The Morgan fingerprint density at radius 2 is 1.83 bits per heavy atom. The van der Waals surface area contributed by atoms with Crippen LogP contribution < -0.4 is 10.2 Å². The third-order valence-electron chi connectivity index (χ3n) is 5.47. The van der Waals surface area contributed by atoms with E-state index >= 15 is 0 Å². The Balaban J connectivity index is 1.54. The molecule has 0 radical (unpaired) electrons. The molecule has 0 aliphatic carbocycles. The van der Waals surface area contributed by atoms with Gasteiger partial charge < -0.3 is 10.2 Å². The normalized spacial score (nSPS) is 14.5. The van der Waals surface area contributed by atoms with Crippen LogP contribution in [0.3, 0.4) is 0 Å². The van der Waals surface area contributed by atoms with Crippen LogP contribution in [-0.4, -0.2) is 53.7 Å². The standard InChI is InChI=1S/C23H24N6O/c1-17-21-15-19(23(30)25-16-18-5-3-2-4-6-18)7-8-20(21)22(27-26-17)29-13-11-28(10-9-24)12-14-29/h2-8,15H,10-14,16H2,1H3,(H,25,30). The number of nitrogens with one attached hydrogen (secondary N) is 1. The second-order valence-corrected chi connectivity index (χ2v) is 7.46. The molecule has 0 saturated carbocycles. The Labute approximate surface area is 175 Å². The number of anilines is 1. The summed E-state index contributed by atoms with van der Waals surface area (Å²) in [6.45, 7) is 6.10. The third-order valence-corrected chi connectivity index (χ3v) is 5.47. The largest absolute Gasteiger partial charge is 0.352 e. The molecule has 1 N–H and O–H groups in total. The van der Waals surface area contributed by atoms with E-state index in [1.165, 1.54) is 0 Å². The fraction of sp³-hybridized carbons (Fsp3) is 0.304. The number of carbonyl (C=O) groups is 1. The molecule has 0 atom stereocenters. The van der Waals surface area contributed by atoms with Gasteiger partial charge in [-0.15, -0.1) is 5.10 Å². The highest BCUT2D eigenvalue weighted by Crippen LogP contribution is 2.27. The lowest BCUT2D eigenvalue weighted by atomic mass is 10.1. The molecule has 0 bridgehead atoms. The van der Waals surface area contributed by atoms with Gasteiger partial charge in [-0.05, 0) is 30.7 Å². The summed E-state index contributed by atoms with van der Waals surface area (Å²) in [6, 6.07) is 17.8. The van der Waals surface area contributed by atoms with Gasteiger partial charge in [-0.1, -0.05) is 30.3 Å². The van der Waals surface area contributed by atoms with Crippen LogP contribution in [0.2, 0.25) is 0 Å². The predicted molar refractivity (Wildman–Crippen MR) is 116 cm³/mol. The zero-order valence-electron chi connectivity index (χ0n) is 17.0. The van der Waals surface area contributed by atoms with Crippen molar-refractivity contribution < 1.29 is 4.79 Å². The zero-order chi connectivity index (χ0) is 20.9. The summed E-state index contributed by atoms with van der Waals surface area (Å²) in [5.74, 6) is 0.729. The van der Waals surface area contributed by atoms with E-state index in [4.69, 9.17) is 5.26 Å². The van der Waals surface area contributed by atoms with E-state index in [1.807, 2.05) is 55.5 Å². The molecule has 3 aromatic rings. The van der Waals surface area contributed by atoms with E-state index in [0.29, 0.717) is 18.7 Å². The van der Waals surface area contributed by atoms with Gasteiger partial charge >= 0.3 is 0 Å². The molecule has 30 heavy (non-hydrogen) atoms. The molecule has 0 unspecified atom stereocenters. The second kappa shape index (κ2) is 8.89. The summed E-state index contributed by atoms with van der Waals surface area (Å²) in [5, 5.41) is 22.6. The van der Waals surface area contributed by atoms with E-state index in [1.54, 1.807) is 0 Å². The number of benzene rings is 2.